The molecule has 9 heteroatoms. The van der Waals surface area contributed by atoms with Gasteiger partial charge in [0.15, 0.2) is 11.5 Å². The first kappa shape index (κ1) is 16.1. The third kappa shape index (κ3) is 3.12. The number of hydrogen-bond acceptors (Lipinski definition) is 6. The van der Waals surface area contributed by atoms with Crippen LogP contribution in [-0.2, 0) is 7.05 Å². The van der Waals surface area contributed by atoms with Crippen LogP contribution in [0.5, 0.6) is 0 Å². The molecule has 0 fully saturated rings. The monoisotopic (exact) mass is 462 g/mol. The van der Waals surface area contributed by atoms with E-state index in [9.17, 15) is 4.79 Å². The number of amides is 1. The molecule has 4 rings (SSSR count). The van der Waals surface area contributed by atoms with E-state index in [-0.39, 0.29) is 5.91 Å². The fraction of sp³-hybridized carbons (Fsp3) is 0.0625. The molecule has 0 aliphatic rings. The summed E-state index contributed by atoms with van der Waals surface area (Å²) in [7, 11) is 1.78. The molecular formula is C16H11IN6OS. The van der Waals surface area contributed by atoms with Gasteiger partial charge in [-0.15, -0.1) is 11.3 Å². The van der Waals surface area contributed by atoms with Gasteiger partial charge in [0.25, 0.3) is 5.91 Å². The highest BCUT2D eigenvalue weighted by molar-refractivity contribution is 14.1. The van der Waals surface area contributed by atoms with Crippen molar-refractivity contribution in [1.29, 1.82) is 0 Å². The van der Waals surface area contributed by atoms with Crippen molar-refractivity contribution in [1.82, 2.24) is 24.7 Å². The molecule has 0 saturated carbocycles. The Kier molecular flexibility index (Phi) is 4.17. The topological polar surface area (TPSA) is 85.6 Å². The van der Waals surface area contributed by atoms with Gasteiger partial charge in [-0.1, -0.05) is 6.07 Å². The molecule has 124 valence electrons. The number of carbonyl (C=O) groups excluding carboxylic acids is 1. The van der Waals surface area contributed by atoms with Crippen molar-refractivity contribution in [2.75, 3.05) is 5.32 Å². The van der Waals surface area contributed by atoms with Crippen molar-refractivity contribution in [3.05, 3.63) is 51.3 Å². The summed E-state index contributed by atoms with van der Waals surface area (Å²) in [6, 6.07) is 7.43. The molecule has 0 atom stereocenters. The number of rotatable bonds is 3. The summed E-state index contributed by atoms with van der Waals surface area (Å²) >= 11 is 3.58. The van der Waals surface area contributed by atoms with Crippen LogP contribution in [0.15, 0.2) is 42.0 Å². The number of anilines is 1. The highest BCUT2D eigenvalue weighted by Crippen LogP contribution is 2.28. The number of nitrogens with zero attached hydrogens (tertiary/aromatic N) is 5. The Morgan fingerprint density at radius 1 is 1.28 bits per heavy atom. The molecule has 0 aliphatic carbocycles. The number of pyridine rings is 1. The number of aromatic nitrogens is 5. The molecule has 0 spiro atoms. The van der Waals surface area contributed by atoms with E-state index < -0.39 is 0 Å². The van der Waals surface area contributed by atoms with Crippen LogP contribution >= 0.6 is 33.9 Å². The molecule has 0 unspecified atom stereocenters. The first-order chi connectivity index (χ1) is 12.1. The second-order valence-corrected chi connectivity index (χ2v) is 7.26. The van der Waals surface area contributed by atoms with E-state index >= 15 is 0 Å². The van der Waals surface area contributed by atoms with Crippen molar-refractivity contribution in [2.24, 2.45) is 7.05 Å². The van der Waals surface area contributed by atoms with Crippen molar-refractivity contribution in [3.63, 3.8) is 0 Å². The Labute approximate surface area is 160 Å². The molecule has 0 radical (unpaired) electrons. The first-order valence-electron chi connectivity index (χ1n) is 7.29. The number of aryl methyl sites for hydroxylation is 1. The van der Waals surface area contributed by atoms with Gasteiger partial charge in [-0.3, -0.25) is 14.5 Å². The van der Waals surface area contributed by atoms with Crippen molar-refractivity contribution in [2.45, 2.75) is 0 Å². The van der Waals surface area contributed by atoms with Crippen molar-refractivity contribution in [3.8, 4) is 11.5 Å². The summed E-state index contributed by atoms with van der Waals surface area (Å²) < 4.78 is 2.38. The smallest absolute Gasteiger partial charge is 0.278 e. The highest BCUT2D eigenvalue weighted by atomic mass is 127. The highest BCUT2D eigenvalue weighted by Gasteiger charge is 2.18. The Morgan fingerprint density at radius 2 is 2.16 bits per heavy atom. The molecule has 0 bridgehead atoms. The van der Waals surface area contributed by atoms with Crippen LogP contribution in [0, 0.1) is 3.57 Å². The normalized spacial score (nSPS) is 11.0. The molecule has 4 aromatic heterocycles. The van der Waals surface area contributed by atoms with E-state index in [4.69, 9.17) is 0 Å². The summed E-state index contributed by atoms with van der Waals surface area (Å²) in [6.45, 7) is 0. The van der Waals surface area contributed by atoms with Crippen LogP contribution < -0.4 is 5.32 Å². The summed E-state index contributed by atoms with van der Waals surface area (Å²) in [5, 5.41) is 9.77. The minimum Gasteiger partial charge on any atom is -0.304 e. The molecule has 0 aromatic carbocycles. The summed E-state index contributed by atoms with van der Waals surface area (Å²) in [5.74, 6) is 0.628. The van der Waals surface area contributed by atoms with Gasteiger partial charge in [0, 0.05) is 19.4 Å². The summed E-state index contributed by atoms with van der Waals surface area (Å²) in [4.78, 5) is 26.7. The third-order valence-electron chi connectivity index (χ3n) is 3.45. The van der Waals surface area contributed by atoms with E-state index in [2.05, 4.69) is 48.0 Å². The van der Waals surface area contributed by atoms with Gasteiger partial charge in [0.2, 0.25) is 0 Å². The largest absolute Gasteiger partial charge is 0.304 e. The minimum absolute atomic E-state index is 0.303. The van der Waals surface area contributed by atoms with Gasteiger partial charge < -0.3 is 5.32 Å². The van der Waals surface area contributed by atoms with E-state index in [1.54, 1.807) is 24.1 Å². The lowest BCUT2D eigenvalue weighted by atomic mass is 10.3. The zero-order valence-corrected chi connectivity index (χ0v) is 15.9. The van der Waals surface area contributed by atoms with E-state index in [0.717, 1.165) is 13.8 Å². The standard InChI is InChI=1S/C16H11IN6OS/c1-23-8-10(17)12(22-23)15(24)20-13-9-5-7-25-16(9)21-14(19-13)11-4-2-3-6-18-11/h2-8H,1H3,(H,19,20,21,24). The Bertz CT molecular complexity index is 1070. The molecule has 25 heavy (non-hydrogen) atoms. The SMILES string of the molecule is Cn1cc(I)c(C(=O)Nc2nc(-c3ccccn3)nc3sccc23)n1. The molecular weight excluding hydrogens is 451 g/mol. The number of fused-ring (bicyclic) bond motifs is 1. The number of carbonyl (C=O) groups is 1. The second-order valence-electron chi connectivity index (χ2n) is 5.20. The third-order valence-corrected chi connectivity index (χ3v) is 5.05. The van der Waals surface area contributed by atoms with E-state index in [1.165, 1.54) is 11.3 Å². The van der Waals surface area contributed by atoms with E-state index in [0.29, 0.717) is 23.0 Å². The summed E-state index contributed by atoms with van der Waals surface area (Å²) in [5.41, 5.74) is 1.02. The van der Waals surface area contributed by atoms with Gasteiger partial charge in [0.05, 0.1) is 8.96 Å². The Balaban J connectivity index is 1.77. The van der Waals surface area contributed by atoms with E-state index in [1.807, 2.05) is 29.6 Å². The van der Waals surface area contributed by atoms with Crippen LogP contribution in [0.3, 0.4) is 0 Å². The quantitative estimate of drug-likeness (QED) is 0.472. The predicted molar refractivity (Wildman–Crippen MR) is 105 cm³/mol. The maximum atomic E-state index is 12.6. The lowest BCUT2D eigenvalue weighted by Gasteiger charge is -2.07. The average Bonchev–Trinajstić information content (AvgIpc) is 3.21. The van der Waals surface area contributed by atoms with Crippen molar-refractivity contribution < 1.29 is 4.79 Å². The summed E-state index contributed by atoms with van der Waals surface area (Å²) in [6.07, 6.45) is 3.47. The predicted octanol–water partition coefficient (Wildman–Crippen LogP) is 3.34. The number of thiophene rings is 1. The zero-order chi connectivity index (χ0) is 17.4. The lowest BCUT2D eigenvalue weighted by molar-refractivity contribution is 0.102. The zero-order valence-electron chi connectivity index (χ0n) is 13.0. The minimum atomic E-state index is -0.303. The fourth-order valence-corrected chi connectivity index (χ4v) is 3.86. The molecule has 0 saturated heterocycles. The molecule has 1 amide bonds. The average molecular weight is 462 g/mol. The van der Waals surface area contributed by atoms with Gasteiger partial charge in [-0.2, -0.15) is 5.10 Å². The van der Waals surface area contributed by atoms with Gasteiger partial charge in [0.1, 0.15) is 16.3 Å². The van der Waals surface area contributed by atoms with Crippen LogP contribution in [0.4, 0.5) is 5.82 Å². The maximum Gasteiger partial charge on any atom is 0.278 e. The number of halogens is 1. The first-order valence-corrected chi connectivity index (χ1v) is 9.25. The lowest BCUT2D eigenvalue weighted by Crippen LogP contribution is -2.16. The molecule has 4 aromatic rings. The van der Waals surface area contributed by atoms with Crippen LogP contribution in [0.1, 0.15) is 10.5 Å². The number of hydrogen-bond donors (Lipinski definition) is 1. The molecule has 1 N–H and O–H groups in total. The van der Waals surface area contributed by atoms with Gasteiger partial charge in [-0.05, 0) is 46.2 Å². The Morgan fingerprint density at radius 3 is 2.88 bits per heavy atom. The maximum absolute atomic E-state index is 12.6. The Hall–Kier alpha value is -2.40. The van der Waals surface area contributed by atoms with Crippen molar-refractivity contribution >= 4 is 55.9 Å². The number of nitrogens with one attached hydrogen (secondary N) is 1. The van der Waals surface area contributed by atoms with Crippen LogP contribution in [-0.4, -0.2) is 30.6 Å². The molecule has 7 nitrogen and oxygen atoms in total. The van der Waals surface area contributed by atoms with Gasteiger partial charge in [-0.25, -0.2) is 9.97 Å². The second kappa shape index (κ2) is 6.48. The van der Waals surface area contributed by atoms with Crippen LogP contribution in [0.2, 0.25) is 0 Å². The molecule has 4 heterocycles. The van der Waals surface area contributed by atoms with Crippen LogP contribution in [0.25, 0.3) is 21.7 Å². The van der Waals surface area contributed by atoms with Gasteiger partial charge >= 0.3 is 0 Å². The fourth-order valence-electron chi connectivity index (χ4n) is 2.34. The molecule has 0 aliphatic heterocycles.